The van der Waals surface area contributed by atoms with Crippen LogP contribution < -0.4 is 14.8 Å². The van der Waals surface area contributed by atoms with Crippen LogP contribution in [-0.2, 0) is 23.9 Å². The standard InChI is InChI=1S/C56H83N9O11S/c1-37(2)43-31-42(12-13-45(43)58-46(53-47(74-5)10-7-11-48(53)75-6)32-44(57)54-59-56(55(73)76-54)40-27-38-26-39(29-40)30-41(56)28-38)77-25-9-15-60(3)14-8-16-61(4)49(66)33-62-17-19-63(34-50(67)68)21-23-65(36-52(71)72)24-22-64(20-18-62)35-51(69)70/h7,10-13,31-32,37-41,50,57-58,67-68H,8-9,14-30,33-36H2,1-6H3,(H,69,70)(H,71,72)/p+1/b46-32-,57-44?. The first-order valence-electron chi connectivity index (χ1n) is 27.4. The number of nitrogens with two attached hydrogens (primary N) is 1. The lowest BCUT2D eigenvalue weighted by Crippen LogP contribution is -2.75. The molecule has 1 amide bonds. The second-order valence-corrected chi connectivity index (χ2v) is 23.3. The zero-order chi connectivity index (χ0) is 55.4. The predicted molar refractivity (Wildman–Crippen MR) is 295 cm³/mol. The molecule has 21 heteroatoms. The van der Waals surface area contributed by atoms with Gasteiger partial charge in [0, 0.05) is 95.1 Å². The number of nitrogens with zero attached hydrogens (tertiary/aromatic N) is 7. The highest BCUT2D eigenvalue weighted by Gasteiger charge is 2.64. The summed E-state index contributed by atoms with van der Waals surface area (Å²) in [6.45, 7) is 9.27. The lowest BCUT2D eigenvalue weighted by molar-refractivity contribution is -0.469. The molecule has 8 rings (SSSR count). The van der Waals surface area contributed by atoms with Gasteiger partial charge in [0.1, 0.15) is 28.5 Å². The van der Waals surface area contributed by atoms with Gasteiger partial charge in [-0.1, -0.05) is 19.9 Å². The first kappa shape index (κ1) is 59.7. The van der Waals surface area contributed by atoms with Crippen LogP contribution in [0.25, 0.3) is 5.70 Å². The number of aliphatic carboxylic acids is 2. The van der Waals surface area contributed by atoms with E-state index in [4.69, 9.17) is 19.2 Å². The quantitative estimate of drug-likeness (QED) is 0.0209. The molecule has 1 spiro atoms. The fraction of sp³-hybridized carbons (Fsp3) is 0.643. The Kier molecular flexibility index (Phi) is 21.5. The number of hydrogen-bond donors (Lipinski definition) is 6. The van der Waals surface area contributed by atoms with E-state index < -0.39 is 23.8 Å². The summed E-state index contributed by atoms with van der Waals surface area (Å²) < 4.78 is 17.7. The van der Waals surface area contributed by atoms with E-state index in [0.29, 0.717) is 93.5 Å². The molecule has 7 N–H and O–H groups in total. The third-order valence-electron chi connectivity index (χ3n) is 16.3. The summed E-state index contributed by atoms with van der Waals surface area (Å²) in [4.78, 5) is 68.2. The molecule has 6 aliphatic rings. The SMILES string of the molecule is COc1cccc(OC)c1/C(=C/C(=N)C1=NC2(C(=O)O1)C1CC3CC(C1)CC2C3)[NH2+]c1ccc(SCCCN(C)CCCN(C)C(=O)CN2CCN(CC(=O)O)CCN(CC(=O)O)CCN(CC(O)O)CC2)cc1C(C)C. The molecule has 4 saturated carbocycles. The van der Waals surface area contributed by atoms with Crippen molar-refractivity contribution in [1.29, 1.82) is 5.41 Å². The molecule has 0 radical (unpaired) electrons. The summed E-state index contributed by atoms with van der Waals surface area (Å²) in [5, 5.41) is 50.0. The number of β-amino-alcohol motifs (C(OH)–C–C–N with tert-alkyl or cyclic N) is 2. The second kappa shape index (κ2) is 27.8. The largest absolute Gasteiger partial charge is 0.496 e. The monoisotopic (exact) mass is 1090 g/mol. The number of ether oxygens (including phenoxy) is 3. The number of hydrogen-bond acceptors (Lipinski definition) is 17. The average Bonchev–Trinajstić information content (AvgIpc) is 3.73. The Morgan fingerprint density at radius 1 is 0.818 bits per heavy atom. The molecule has 1 saturated heterocycles. The van der Waals surface area contributed by atoms with Gasteiger partial charge in [0.25, 0.3) is 0 Å². The van der Waals surface area contributed by atoms with Crippen LogP contribution in [0.15, 0.2) is 52.4 Å². The number of aliphatic hydroxyl groups excluding tert-OH is 1. The van der Waals surface area contributed by atoms with Gasteiger partial charge in [-0.05, 0) is 125 Å². The third-order valence-corrected chi connectivity index (χ3v) is 17.3. The van der Waals surface area contributed by atoms with Crippen LogP contribution >= 0.6 is 11.8 Å². The number of rotatable bonds is 25. The number of esters is 1. The number of nitrogens with one attached hydrogen (secondary N) is 1. The lowest BCUT2D eigenvalue weighted by Gasteiger charge is -2.56. The number of amides is 1. The summed E-state index contributed by atoms with van der Waals surface area (Å²) in [5.74, 6) is 1.66. The van der Waals surface area contributed by atoms with E-state index in [0.717, 1.165) is 73.5 Å². The Balaban J connectivity index is 0.921. The zero-order valence-corrected chi connectivity index (χ0v) is 46.8. The summed E-state index contributed by atoms with van der Waals surface area (Å²) in [6.07, 6.45) is 7.15. The first-order chi connectivity index (χ1) is 36.8. The Bertz CT molecular complexity index is 2400. The number of benzene rings is 2. The third kappa shape index (κ3) is 15.9. The minimum Gasteiger partial charge on any atom is -0.496 e. The number of carbonyl (C=O) groups excluding carboxylic acids is 2. The van der Waals surface area contributed by atoms with E-state index in [9.17, 15) is 45.0 Å². The Morgan fingerprint density at radius 2 is 1.36 bits per heavy atom. The molecule has 4 aliphatic carbocycles. The lowest BCUT2D eigenvalue weighted by atomic mass is 9.49. The zero-order valence-electron chi connectivity index (χ0n) is 46.0. The first-order valence-corrected chi connectivity index (χ1v) is 28.4. The van der Waals surface area contributed by atoms with Crippen LogP contribution in [-0.4, -0.2) is 229 Å². The van der Waals surface area contributed by atoms with Crippen LogP contribution in [0.2, 0.25) is 0 Å². The molecule has 77 heavy (non-hydrogen) atoms. The second-order valence-electron chi connectivity index (χ2n) is 22.1. The Labute approximate surface area is 458 Å². The average molecular weight is 1090 g/mol. The fourth-order valence-corrected chi connectivity index (χ4v) is 13.3. The highest BCUT2D eigenvalue weighted by atomic mass is 32.2. The van der Waals surface area contributed by atoms with Crippen molar-refractivity contribution in [3.8, 4) is 11.5 Å². The maximum absolute atomic E-state index is 13.8. The number of aliphatic imine (C=N–C) groups is 1. The summed E-state index contributed by atoms with van der Waals surface area (Å²) in [7, 11) is 7.12. The van der Waals surface area contributed by atoms with Crippen LogP contribution in [0.5, 0.6) is 11.5 Å². The molecular weight excluding hydrogens is 1010 g/mol. The summed E-state index contributed by atoms with van der Waals surface area (Å²) in [6, 6.07) is 12.1. The van der Waals surface area contributed by atoms with Gasteiger partial charge in [0.15, 0.2) is 17.5 Å². The summed E-state index contributed by atoms with van der Waals surface area (Å²) in [5.41, 5.74) is 2.64. The van der Waals surface area contributed by atoms with Crippen molar-refractivity contribution in [2.24, 2.45) is 28.7 Å². The van der Waals surface area contributed by atoms with Gasteiger partial charge in [0.2, 0.25) is 11.8 Å². The van der Waals surface area contributed by atoms with Gasteiger partial charge in [-0.2, -0.15) is 0 Å². The number of aliphatic hydroxyl groups is 2. The van der Waals surface area contributed by atoms with E-state index in [1.54, 1.807) is 42.0 Å². The van der Waals surface area contributed by atoms with Crippen molar-refractivity contribution >= 4 is 58.6 Å². The van der Waals surface area contributed by atoms with E-state index >= 15 is 0 Å². The molecule has 0 unspecified atom stereocenters. The highest BCUT2D eigenvalue weighted by Crippen LogP contribution is 2.61. The van der Waals surface area contributed by atoms with Crippen molar-refractivity contribution in [2.45, 2.75) is 81.4 Å². The molecule has 424 valence electrons. The molecule has 2 aliphatic heterocycles. The van der Waals surface area contributed by atoms with E-state index in [-0.39, 0.29) is 67.4 Å². The van der Waals surface area contributed by atoms with Gasteiger partial charge in [0.05, 0.1) is 33.9 Å². The summed E-state index contributed by atoms with van der Waals surface area (Å²) >= 11 is 1.81. The molecule has 4 bridgehead atoms. The molecule has 0 aromatic heterocycles. The van der Waals surface area contributed by atoms with Gasteiger partial charge >= 0.3 is 17.9 Å². The number of methoxy groups -OCH3 is 2. The number of thioether (sulfide) groups is 1. The van der Waals surface area contributed by atoms with Crippen LogP contribution in [0.4, 0.5) is 5.69 Å². The highest BCUT2D eigenvalue weighted by molar-refractivity contribution is 7.99. The Morgan fingerprint density at radius 3 is 1.90 bits per heavy atom. The molecule has 2 heterocycles. The van der Waals surface area contributed by atoms with Crippen molar-refractivity contribution in [1.82, 2.24) is 29.4 Å². The number of carbonyl (C=O) groups is 4. The van der Waals surface area contributed by atoms with E-state index in [1.165, 1.54) is 6.42 Å². The van der Waals surface area contributed by atoms with Crippen molar-refractivity contribution in [2.75, 3.05) is 132 Å². The van der Waals surface area contributed by atoms with Gasteiger partial charge in [-0.25, -0.2) is 9.79 Å². The van der Waals surface area contributed by atoms with Crippen LogP contribution in [0, 0.1) is 29.1 Å². The number of carboxylic acid groups (broad SMARTS) is 2. The van der Waals surface area contributed by atoms with E-state index in [1.807, 2.05) is 39.8 Å². The van der Waals surface area contributed by atoms with Crippen molar-refractivity contribution in [3.63, 3.8) is 0 Å². The fourth-order valence-electron chi connectivity index (χ4n) is 12.4. The molecule has 20 nitrogen and oxygen atoms in total. The van der Waals surface area contributed by atoms with Crippen molar-refractivity contribution < 1.29 is 59.1 Å². The number of quaternary nitrogens is 1. The van der Waals surface area contributed by atoms with Gasteiger partial charge < -0.3 is 44.4 Å². The maximum Gasteiger partial charge on any atom is 0.341 e. The number of carboxylic acids is 2. The van der Waals surface area contributed by atoms with Gasteiger partial charge in [-0.3, -0.25) is 44.7 Å². The minimum atomic E-state index is -1.57. The van der Waals surface area contributed by atoms with Crippen molar-refractivity contribution in [3.05, 3.63) is 53.6 Å². The minimum absolute atomic E-state index is 0.0249. The normalized spacial score (nSPS) is 23.8. The van der Waals surface area contributed by atoms with Crippen LogP contribution in [0.1, 0.15) is 75.8 Å². The van der Waals surface area contributed by atoms with Gasteiger partial charge in [-0.15, -0.1) is 11.8 Å². The smallest absolute Gasteiger partial charge is 0.341 e. The molecule has 5 fully saturated rings. The molecule has 2 aromatic carbocycles. The topological polar surface area (TPSA) is 249 Å². The van der Waals surface area contributed by atoms with Crippen LogP contribution in [0.3, 0.4) is 0 Å². The molecule has 2 aromatic rings. The number of likely N-dealkylation sites (N-methyl/N-ethyl adjacent to an activating group) is 1. The maximum atomic E-state index is 13.8. The Hall–Kier alpha value is -4.97. The van der Waals surface area contributed by atoms with E-state index in [2.05, 4.69) is 49.3 Å². The molecule has 0 atom stereocenters. The predicted octanol–water partition coefficient (Wildman–Crippen LogP) is 3.20. The molecular formula is C56H84N9O11S+. The number of cyclic esters (lactones) is 1.